The summed E-state index contributed by atoms with van der Waals surface area (Å²) < 4.78 is 5.15. The summed E-state index contributed by atoms with van der Waals surface area (Å²) in [6.45, 7) is 4.39. The number of carbonyl (C=O) groups excluding carboxylic acids is 2. The first-order valence-corrected chi connectivity index (χ1v) is 9.07. The van der Waals surface area contributed by atoms with Crippen molar-refractivity contribution < 1.29 is 14.3 Å². The van der Waals surface area contributed by atoms with Crippen LogP contribution in [0.2, 0.25) is 0 Å². The molecule has 2 fully saturated rings. The molecule has 2 heterocycles. The number of rotatable bonds is 5. The van der Waals surface area contributed by atoms with Gasteiger partial charge in [0.15, 0.2) is 0 Å². The summed E-state index contributed by atoms with van der Waals surface area (Å²) in [5.41, 5.74) is 1.14. The molecule has 2 amide bonds. The highest BCUT2D eigenvalue weighted by atomic mass is 35.5. The molecule has 0 bridgehead atoms. The molecular weight excluding hydrogens is 354 g/mol. The van der Waals surface area contributed by atoms with Crippen molar-refractivity contribution in [3.05, 3.63) is 29.8 Å². The van der Waals surface area contributed by atoms with Crippen LogP contribution in [-0.4, -0.2) is 68.0 Å². The highest BCUT2D eigenvalue weighted by Gasteiger charge is 2.30. The minimum Gasteiger partial charge on any atom is -0.497 e. The Balaban J connectivity index is 0.00000243. The van der Waals surface area contributed by atoms with Crippen LogP contribution in [0.5, 0.6) is 5.75 Å². The number of methoxy groups -OCH3 is 1. The number of nitrogens with zero attached hydrogens (tertiary/aromatic N) is 2. The van der Waals surface area contributed by atoms with Crippen LogP contribution in [0.3, 0.4) is 0 Å². The van der Waals surface area contributed by atoms with E-state index in [0.29, 0.717) is 19.5 Å². The van der Waals surface area contributed by atoms with Crippen molar-refractivity contribution in [2.24, 2.45) is 5.92 Å². The maximum absolute atomic E-state index is 12.5. The average Bonchev–Trinajstić information content (AvgIpc) is 2.85. The minimum atomic E-state index is 0. The quantitative estimate of drug-likeness (QED) is 0.835. The van der Waals surface area contributed by atoms with Crippen LogP contribution in [-0.2, 0) is 16.0 Å². The first-order chi connectivity index (χ1) is 12.2. The number of nitrogens with one attached hydrogen (secondary N) is 1. The van der Waals surface area contributed by atoms with Gasteiger partial charge in [0.2, 0.25) is 11.8 Å². The van der Waals surface area contributed by atoms with Crippen LogP contribution >= 0.6 is 12.4 Å². The van der Waals surface area contributed by atoms with E-state index in [2.05, 4.69) is 5.32 Å². The Morgan fingerprint density at radius 3 is 2.35 bits per heavy atom. The molecule has 0 unspecified atom stereocenters. The summed E-state index contributed by atoms with van der Waals surface area (Å²) in [5, 5.41) is 3.14. The van der Waals surface area contributed by atoms with Crippen molar-refractivity contribution in [2.45, 2.75) is 19.3 Å². The Hall–Kier alpha value is -1.79. The Labute approximate surface area is 161 Å². The SMILES string of the molecule is COc1ccc(CCC(=O)N2CCCN(C(=O)C3CNC3)CC2)cc1.Cl. The first kappa shape index (κ1) is 20.5. The van der Waals surface area contributed by atoms with Gasteiger partial charge in [0.05, 0.1) is 13.0 Å². The second kappa shape index (κ2) is 9.78. The summed E-state index contributed by atoms with van der Waals surface area (Å²) in [4.78, 5) is 28.7. The topological polar surface area (TPSA) is 61.9 Å². The van der Waals surface area contributed by atoms with Gasteiger partial charge in [0, 0.05) is 45.7 Å². The molecule has 0 aromatic heterocycles. The summed E-state index contributed by atoms with van der Waals surface area (Å²) in [6, 6.07) is 7.85. The number of benzene rings is 1. The number of amides is 2. The van der Waals surface area contributed by atoms with Gasteiger partial charge in [-0.25, -0.2) is 0 Å². The zero-order valence-electron chi connectivity index (χ0n) is 15.3. The van der Waals surface area contributed by atoms with Crippen molar-refractivity contribution in [1.29, 1.82) is 0 Å². The maximum atomic E-state index is 12.5. The van der Waals surface area contributed by atoms with E-state index in [9.17, 15) is 9.59 Å². The highest BCUT2D eigenvalue weighted by molar-refractivity contribution is 5.85. The Kier molecular flexibility index (Phi) is 7.72. The summed E-state index contributed by atoms with van der Waals surface area (Å²) in [5.74, 6) is 1.38. The normalized spacial score (nSPS) is 17.7. The number of aryl methyl sites for hydroxylation is 1. The average molecular weight is 382 g/mol. The van der Waals surface area contributed by atoms with Crippen molar-refractivity contribution in [1.82, 2.24) is 15.1 Å². The third-order valence-corrected chi connectivity index (χ3v) is 5.08. The van der Waals surface area contributed by atoms with Crippen molar-refractivity contribution in [3.8, 4) is 5.75 Å². The maximum Gasteiger partial charge on any atom is 0.228 e. The van der Waals surface area contributed by atoms with Crippen LogP contribution in [0.15, 0.2) is 24.3 Å². The molecule has 1 aromatic rings. The molecule has 144 valence electrons. The van der Waals surface area contributed by atoms with Crippen LogP contribution in [0.1, 0.15) is 18.4 Å². The largest absolute Gasteiger partial charge is 0.497 e. The predicted octanol–water partition coefficient (Wildman–Crippen LogP) is 1.33. The van der Waals surface area contributed by atoms with Crippen molar-refractivity contribution in [3.63, 3.8) is 0 Å². The summed E-state index contributed by atoms with van der Waals surface area (Å²) in [7, 11) is 1.65. The third kappa shape index (κ3) is 5.11. The summed E-state index contributed by atoms with van der Waals surface area (Å²) >= 11 is 0. The highest BCUT2D eigenvalue weighted by Crippen LogP contribution is 2.15. The monoisotopic (exact) mass is 381 g/mol. The fraction of sp³-hybridized carbons (Fsp3) is 0.579. The number of halogens is 1. The lowest BCUT2D eigenvalue weighted by Gasteiger charge is -2.31. The third-order valence-electron chi connectivity index (χ3n) is 5.08. The van der Waals surface area contributed by atoms with E-state index in [1.54, 1.807) is 7.11 Å². The van der Waals surface area contributed by atoms with Gasteiger partial charge in [0.25, 0.3) is 0 Å². The fourth-order valence-corrected chi connectivity index (χ4v) is 3.31. The van der Waals surface area contributed by atoms with Crippen molar-refractivity contribution >= 4 is 24.2 Å². The molecule has 1 aromatic carbocycles. The van der Waals surface area contributed by atoms with Gasteiger partial charge in [-0.2, -0.15) is 0 Å². The molecule has 1 N–H and O–H groups in total. The van der Waals surface area contributed by atoms with E-state index in [1.165, 1.54) is 0 Å². The molecule has 7 heteroatoms. The second-order valence-corrected chi connectivity index (χ2v) is 6.76. The molecule has 0 atom stereocenters. The summed E-state index contributed by atoms with van der Waals surface area (Å²) in [6.07, 6.45) is 2.10. The van der Waals surface area contributed by atoms with Crippen LogP contribution in [0, 0.1) is 5.92 Å². The lowest BCUT2D eigenvalue weighted by molar-refractivity contribution is -0.137. The molecule has 0 spiro atoms. The Morgan fingerprint density at radius 1 is 1.08 bits per heavy atom. The molecule has 2 aliphatic heterocycles. The fourth-order valence-electron chi connectivity index (χ4n) is 3.31. The van der Waals surface area contributed by atoms with Gasteiger partial charge in [-0.05, 0) is 30.5 Å². The van der Waals surface area contributed by atoms with E-state index in [0.717, 1.165) is 50.3 Å². The van der Waals surface area contributed by atoms with Crippen LogP contribution < -0.4 is 10.1 Å². The van der Waals surface area contributed by atoms with Gasteiger partial charge in [0.1, 0.15) is 5.75 Å². The lowest BCUT2D eigenvalue weighted by Crippen LogP contribution is -2.52. The molecule has 3 rings (SSSR count). The Bertz CT molecular complexity index is 605. The van der Waals surface area contributed by atoms with E-state index in [-0.39, 0.29) is 30.1 Å². The first-order valence-electron chi connectivity index (χ1n) is 9.07. The van der Waals surface area contributed by atoms with E-state index >= 15 is 0 Å². The van der Waals surface area contributed by atoms with Gasteiger partial charge in [-0.3, -0.25) is 9.59 Å². The Morgan fingerprint density at radius 2 is 1.73 bits per heavy atom. The van der Waals surface area contributed by atoms with Gasteiger partial charge in [-0.1, -0.05) is 12.1 Å². The van der Waals surface area contributed by atoms with E-state index in [4.69, 9.17) is 4.74 Å². The standard InChI is InChI=1S/C19H27N3O3.ClH/c1-25-17-6-3-15(4-7-17)5-8-18(23)21-9-2-10-22(12-11-21)19(24)16-13-20-14-16;/h3-4,6-7,16,20H,2,5,8-14H2,1H3;1H. The van der Waals surface area contributed by atoms with E-state index in [1.807, 2.05) is 34.1 Å². The number of carbonyl (C=O) groups is 2. The van der Waals surface area contributed by atoms with Gasteiger partial charge in [-0.15, -0.1) is 12.4 Å². The van der Waals surface area contributed by atoms with E-state index < -0.39 is 0 Å². The zero-order valence-corrected chi connectivity index (χ0v) is 16.1. The minimum absolute atomic E-state index is 0. The molecule has 0 radical (unpaired) electrons. The lowest BCUT2D eigenvalue weighted by atomic mass is 10.0. The van der Waals surface area contributed by atoms with Crippen LogP contribution in [0.25, 0.3) is 0 Å². The molecule has 0 saturated carbocycles. The number of hydrogen-bond donors (Lipinski definition) is 1. The molecule has 26 heavy (non-hydrogen) atoms. The molecular formula is C19H28ClN3O3. The smallest absolute Gasteiger partial charge is 0.228 e. The molecule has 0 aliphatic carbocycles. The molecule has 2 saturated heterocycles. The molecule has 2 aliphatic rings. The van der Waals surface area contributed by atoms with Gasteiger partial charge >= 0.3 is 0 Å². The molecule has 6 nitrogen and oxygen atoms in total. The van der Waals surface area contributed by atoms with Gasteiger partial charge < -0.3 is 19.9 Å². The number of hydrogen-bond acceptors (Lipinski definition) is 4. The number of ether oxygens (including phenoxy) is 1. The second-order valence-electron chi connectivity index (χ2n) is 6.76. The van der Waals surface area contributed by atoms with Crippen molar-refractivity contribution in [2.75, 3.05) is 46.4 Å². The zero-order chi connectivity index (χ0) is 17.6. The predicted molar refractivity (Wildman–Crippen MR) is 103 cm³/mol. The van der Waals surface area contributed by atoms with Crippen LogP contribution in [0.4, 0.5) is 0 Å².